The van der Waals surface area contributed by atoms with E-state index < -0.39 is 0 Å². The van der Waals surface area contributed by atoms with Gasteiger partial charge in [-0.25, -0.2) is 9.97 Å². The number of halogens is 1. The van der Waals surface area contributed by atoms with Gasteiger partial charge in [0, 0.05) is 6.54 Å². The highest BCUT2D eigenvalue weighted by Crippen LogP contribution is 2.15. The number of nitrogens with zero attached hydrogens (tertiary/aromatic N) is 2. The Hall–Kier alpha value is -1.20. The molecule has 1 aliphatic rings. The highest BCUT2D eigenvalue weighted by molar-refractivity contribution is 6.21. The zero-order valence-corrected chi connectivity index (χ0v) is 7.38. The number of aldehydes is 1. The zero-order chi connectivity index (χ0) is 9.26. The number of nitrogens with one attached hydrogen (secondary N) is 2. The lowest BCUT2D eigenvalue weighted by Gasteiger charge is -2.21. The lowest BCUT2D eigenvalue weighted by Crippen LogP contribution is -2.36. The van der Waals surface area contributed by atoms with E-state index in [1.807, 2.05) is 0 Å². The number of aromatic nitrogens is 2. The lowest BCUT2D eigenvalue weighted by molar-refractivity contribution is 0.111. The van der Waals surface area contributed by atoms with Gasteiger partial charge in [0.15, 0.2) is 17.7 Å². The summed E-state index contributed by atoms with van der Waals surface area (Å²) in [4.78, 5) is 18.5. The van der Waals surface area contributed by atoms with Gasteiger partial charge < -0.3 is 5.32 Å². The van der Waals surface area contributed by atoms with Crippen LogP contribution in [0.1, 0.15) is 16.2 Å². The van der Waals surface area contributed by atoms with E-state index in [2.05, 4.69) is 20.6 Å². The maximum Gasteiger partial charge on any atom is 0.170 e. The van der Waals surface area contributed by atoms with Gasteiger partial charge in [0.1, 0.15) is 5.69 Å². The van der Waals surface area contributed by atoms with Crippen LogP contribution in [0.25, 0.3) is 0 Å². The smallest absolute Gasteiger partial charge is 0.170 e. The SMILES string of the molecule is O=Cc1cnc2c(n1)CNC(Cl)N2. The molecule has 0 aliphatic carbocycles. The first kappa shape index (κ1) is 8.40. The third kappa shape index (κ3) is 1.61. The van der Waals surface area contributed by atoms with Crippen molar-refractivity contribution >= 4 is 23.7 Å². The molecule has 5 nitrogen and oxygen atoms in total. The van der Waals surface area contributed by atoms with Crippen LogP contribution in [0.15, 0.2) is 6.20 Å². The monoisotopic (exact) mass is 198 g/mol. The van der Waals surface area contributed by atoms with E-state index in [-0.39, 0.29) is 5.62 Å². The minimum absolute atomic E-state index is 0.329. The molecule has 6 heteroatoms. The molecule has 0 amide bonds. The van der Waals surface area contributed by atoms with Crippen molar-refractivity contribution in [2.45, 2.75) is 12.2 Å². The van der Waals surface area contributed by atoms with Gasteiger partial charge in [0.25, 0.3) is 0 Å². The second-order valence-corrected chi connectivity index (χ2v) is 3.03. The van der Waals surface area contributed by atoms with Crippen LogP contribution in [0.5, 0.6) is 0 Å². The number of anilines is 1. The second-order valence-electron chi connectivity index (χ2n) is 2.60. The van der Waals surface area contributed by atoms with Crippen LogP contribution in [0, 0.1) is 0 Å². The normalized spacial score (nSPS) is 20.2. The summed E-state index contributed by atoms with van der Waals surface area (Å²) in [5.74, 6) is 0.629. The largest absolute Gasteiger partial charge is 0.340 e. The van der Waals surface area contributed by atoms with Crippen molar-refractivity contribution in [1.29, 1.82) is 0 Å². The summed E-state index contributed by atoms with van der Waals surface area (Å²) in [6, 6.07) is 0. The third-order valence-corrected chi connectivity index (χ3v) is 1.96. The minimum Gasteiger partial charge on any atom is -0.340 e. The summed E-state index contributed by atoms with van der Waals surface area (Å²) < 4.78 is 0. The van der Waals surface area contributed by atoms with Gasteiger partial charge in [-0.2, -0.15) is 0 Å². The molecule has 1 aromatic heterocycles. The second kappa shape index (κ2) is 3.27. The molecule has 1 unspecified atom stereocenters. The van der Waals surface area contributed by atoms with Crippen LogP contribution in [-0.2, 0) is 6.54 Å². The average molecular weight is 199 g/mol. The maximum absolute atomic E-state index is 10.4. The molecule has 1 aliphatic heterocycles. The Kier molecular flexibility index (Phi) is 2.12. The van der Waals surface area contributed by atoms with Crippen molar-refractivity contribution in [3.8, 4) is 0 Å². The fourth-order valence-corrected chi connectivity index (χ4v) is 1.28. The Balaban J connectivity index is 2.36. The molecule has 0 saturated heterocycles. The molecule has 0 spiro atoms. The third-order valence-electron chi connectivity index (χ3n) is 1.70. The molecule has 13 heavy (non-hydrogen) atoms. The molecule has 0 saturated carbocycles. The summed E-state index contributed by atoms with van der Waals surface area (Å²) >= 11 is 5.76. The lowest BCUT2D eigenvalue weighted by atomic mass is 10.3. The van der Waals surface area contributed by atoms with Gasteiger partial charge in [-0.1, -0.05) is 11.6 Å². The van der Waals surface area contributed by atoms with Crippen molar-refractivity contribution in [2.24, 2.45) is 0 Å². The van der Waals surface area contributed by atoms with Crippen LogP contribution in [-0.4, -0.2) is 21.9 Å². The van der Waals surface area contributed by atoms with Crippen molar-refractivity contribution in [2.75, 3.05) is 5.32 Å². The topological polar surface area (TPSA) is 66.9 Å². The van der Waals surface area contributed by atoms with E-state index in [9.17, 15) is 4.79 Å². The van der Waals surface area contributed by atoms with Crippen LogP contribution in [0.3, 0.4) is 0 Å². The predicted molar refractivity (Wildman–Crippen MR) is 47.5 cm³/mol. The van der Waals surface area contributed by atoms with E-state index in [0.717, 1.165) is 0 Å². The number of carbonyl (C=O) groups excluding carboxylic acids is 1. The minimum atomic E-state index is -0.330. The first-order valence-corrected chi connectivity index (χ1v) is 4.18. The molecule has 0 bridgehead atoms. The van der Waals surface area contributed by atoms with Gasteiger partial charge >= 0.3 is 0 Å². The number of hydrogen-bond acceptors (Lipinski definition) is 5. The highest BCUT2D eigenvalue weighted by atomic mass is 35.5. The van der Waals surface area contributed by atoms with Gasteiger partial charge in [-0.05, 0) is 0 Å². The molecule has 2 heterocycles. The molecule has 2 N–H and O–H groups in total. The van der Waals surface area contributed by atoms with E-state index in [4.69, 9.17) is 11.6 Å². The Labute approximate surface area is 79.5 Å². The number of rotatable bonds is 1. The van der Waals surface area contributed by atoms with E-state index in [0.29, 0.717) is 30.0 Å². The fraction of sp³-hybridized carbons (Fsp3) is 0.286. The van der Waals surface area contributed by atoms with Crippen molar-refractivity contribution < 1.29 is 4.79 Å². The maximum atomic E-state index is 10.4. The molecular formula is C7H7ClN4O. The summed E-state index contributed by atoms with van der Waals surface area (Å²) in [5, 5.41) is 5.80. The zero-order valence-electron chi connectivity index (χ0n) is 6.62. The summed E-state index contributed by atoms with van der Waals surface area (Å²) in [6.45, 7) is 0.519. The highest BCUT2D eigenvalue weighted by Gasteiger charge is 2.16. The van der Waals surface area contributed by atoms with Crippen LogP contribution < -0.4 is 10.6 Å². The molecule has 68 valence electrons. The molecular weight excluding hydrogens is 192 g/mol. The summed E-state index contributed by atoms with van der Waals surface area (Å²) in [7, 11) is 0. The predicted octanol–water partition coefficient (Wildman–Crippen LogP) is 0.327. The van der Waals surface area contributed by atoms with E-state index in [1.165, 1.54) is 6.20 Å². The molecule has 1 aromatic rings. The summed E-state index contributed by atoms with van der Waals surface area (Å²) in [5.41, 5.74) is 0.709. The van der Waals surface area contributed by atoms with E-state index in [1.54, 1.807) is 0 Å². The summed E-state index contributed by atoms with van der Waals surface area (Å²) in [6.07, 6.45) is 2.08. The van der Waals surface area contributed by atoms with Gasteiger partial charge in [-0.3, -0.25) is 10.1 Å². The van der Waals surface area contributed by atoms with Gasteiger partial charge in [-0.15, -0.1) is 0 Å². The van der Waals surface area contributed by atoms with Crippen molar-refractivity contribution in [1.82, 2.24) is 15.3 Å². The van der Waals surface area contributed by atoms with Crippen molar-refractivity contribution in [3.05, 3.63) is 17.6 Å². The molecule has 2 rings (SSSR count). The van der Waals surface area contributed by atoms with Gasteiger partial charge in [0.05, 0.1) is 11.9 Å². The van der Waals surface area contributed by atoms with Gasteiger partial charge in [0.2, 0.25) is 0 Å². The molecule has 0 aromatic carbocycles. The van der Waals surface area contributed by atoms with Crippen LogP contribution >= 0.6 is 11.6 Å². The quantitative estimate of drug-likeness (QED) is 0.387. The standard InChI is InChI=1S/C7H7ClN4O/c8-7-10-2-5-6(12-7)9-1-4(3-13)11-5/h1,3,7,10H,2H2,(H,9,12). The van der Waals surface area contributed by atoms with E-state index >= 15 is 0 Å². The Morgan fingerprint density at radius 1 is 1.69 bits per heavy atom. The number of hydrogen-bond donors (Lipinski definition) is 2. The Bertz CT molecular complexity index is 343. The number of fused-ring (bicyclic) bond motifs is 1. The first-order chi connectivity index (χ1) is 6.29. The number of alkyl halides is 1. The molecule has 0 radical (unpaired) electrons. The van der Waals surface area contributed by atoms with Crippen LogP contribution in [0.2, 0.25) is 0 Å². The molecule has 1 atom stereocenters. The Morgan fingerprint density at radius 2 is 2.54 bits per heavy atom. The fourth-order valence-electron chi connectivity index (χ4n) is 1.10. The average Bonchev–Trinajstić information content (AvgIpc) is 2.17. The number of carbonyl (C=O) groups is 1. The first-order valence-electron chi connectivity index (χ1n) is 3.74. The Morgan fingerprint density at radius 3 is 3.31 bits per heavy atom. The van der Waals surface area contributed by atoms with Crippen molar-refractivity contribution in [3.63, 3.8) is 0 Å². The van der Waals surface area contributed by atoms with Crippen LogP contribution in [0.4, 0.5) is 5.82 Å². The molecule has 0 fully saturated rings.